The van der Waals surface area contributed by atoms with Crippen LogP contribution in [-0.4, -0.2) is 34.9 Å². The van der Waals surface area contributed by atoms with Gasteiger partial charge in [0.25, 0.3) is 0 Å². The van der Waals surface area contributed by atoms with Crippen molar-refractivity contribution in [3.05, 3.63) is 48.6 Å². The molecule has 0 aromatic heterocycles. The lowest BCUT2D eigenvalue weighted by atomic mass is 10.0. The number of amides is 1. The smallest absolute Gasteiger partial charge is 0.220 e. The van der Waals surface area contributed by atoms with Crippen molar-refractivity contribution in [2.24, 2.45) is 0 Å². The lowest BCUT2D eigenvalue weighted by Gasteiger charge is -2.19. The lowest BCUT2D eigenvalue weighted by molar-refractivity contribution is -0.123. The van der Waals surface area contributed by atoms with E-state index in [1.165, 1.54) is 135 Å². The Hall–Kier alpha value is -1.65. The maximum absolute atomic E-state index is 12.3. The van der Waals surface area contributed by atoms with Crippen molar-refractivity contribution in [2.45, 2.75) is 206 Å². The molecule has 1 amide bonds. The third kappa shape index (κ3) is 33.7. The first-order valence-electron chi connectivity index (χ1n) is 19.9. The van der Waals surface area contributed by atoms with Crippen LogP contribution in [0.3, 0.4) is 0 Å². The Kier molecular flexibility index (Phi) is 36.4. The molecule has 0 aliphatic heterocycles. The normalized spacial score (nSPS) is 13.6. The van der Waals surface area contributed by atoms with Gasteiger partial charge >= 0.3 is 0 Å². The summed E-state index contributed by atoms with van der Waals surface area (Å²) < 4.78 is 0. The van der Waals surface area contributed by atoms with E-state index in [4.69, 9.17) is 0 Å². The molecular weight excluding hydrogens is 566 g/mol. The van der Waals surface area contributed by atoms with Gasteiger partial charge in [-0.2, -0.15) is 0 Å². The van der Waals surface area contributed by atoms with Crippen LogP contribution in [0.25, 0.3) is 0 Å². The van der Waals surface area contributed by atoms with Crippen LogP contribution in [-0.2, 0) is 4.79 Å². The van der Waals surface area contributed by atoms with Gasteiger partial charge in [-0.05, 0) is 70.6 Å². The van der Waals surface area contributed by atoms with Crippen LogP contribution in [0.2, 0.25) is 0 Å². The molecule has 4 heteroatoms. The van der Waals surface area contributed by atoms with E-state index in [9.17, 15) is 15.0 Å². The van der Waals surface area contributed by atoms with Crippen LogP contribution in [0, 0.1) is 0 Å². The molecule has 0 aliphatic carbocycles. The fourth-order valence-corrected chi connectivity index (χ4v) is 5.67. The monoisotopic (exact) mass is 644 g/mol. The van der Waals surface area contributed by atoms with Crippen molar-refractivity contribution in [3.8, 4) is 0 Å². The first-order valence-corrected chi connectivity index (χ1v) is 19.9. The molecule has 2 unspecified atom stereocenters. The van der Waals surface area contributed by atoms with Gasteiger partial charge in [0.05, 0.1) is 18.8 Å². The van der Waals surface area contributed by atoms with E-state index in [0.29, 0.717) is 6.42 Å². The third-order valence-corrected chi connectivity index (χ3v) is 8.76. The molecule has 0 bridgehead atoms. The summed E-state index contributed by atoms with van der Waals surface area (Å²) in [7, 11) is 0. The van der Waals surface area contributed by atoms with E-state index in [1.807, 2.05) is 6.08 Å². The number of allylic oxidation sites excluding steroid dienone is 7. The zero-order valence-electron chi connectivity index (χ0n) is 30.6. The van der Waals surface area contributed by atoms with E-state index in [1.54, 1.807) is 6.08 Å². The van der Waals surface area contributed by atoms with Crippen molar-refractivity contribution in [3.63, 3.8) is 0 Å². The number of hydrogen-bond donors (Lipinski definition) is 3. The molecule has 0 spiro atoms. The second-order valence-electron chi connectivity index (χ2n) is 13.3. The molecule has 0 aliphatic rings. The highest BCUT2D eigenvalue weighted by molar-refractivity contribution is 5.76. The second kappa shape index (κ2) is 37.8. The molecular formula is C42H77NO3. The number of aliphatic hydroxyl groups is 2. The summed E-state index contributed by atoms with van der Waals surface area (Å²) >= 11 is 0. The van der Waals surface area contributed by atoms with Crippen LogP contribution < -0.4 is 5.32 Å². The molecule has 46 heavy (non-hydrogen) atoms. The largest absolute Gasteiger partial charge is 0.394 e. The molecule has 268 valence electrons. The van der Waals surface area contributed by atoms with Crippen molar-refractivity contribution in [2.75, 3.05) is 6.61 Å². The highest BCUT2D eigenvalue weighted by Crippen LogP contribution is 2.13. The number of carbonyl (C=O) groups excluding carboxylic acids is 1. The molecule has 4 nitrogen and oxygen atoms in total. The highest BCUT2D eigenvalue weighted by atomic mass is 16.3. The average Bonchev–Trinajstić information content (AvgIpc) is 3.06. The highest BCUT2D eigenvalue weighted by Gasteiger charge is 2.17. The summed E-state index contributed by atoms with van der Waals surface area (Å²) in [5.41, 5.74) is 0. The number of aliphatic hydroxyl groups excluding tert-OH is 2. The summed E-state index contributed by atoms with van der Waals surface area (Å²) in [6.07, 6.45) is 50.6. The Morgan fingerprint density at radius 2 is 0.848 bits per heavy atom. The molecule has 2 atom stereocenters. The Morgan fingerprint density at radius 1 is 0.500 bits per heavy atom. The molecule has 3 N–H and O–H groups in total. The van der Waals surface area contributed by atoms with Gasteiger partial charge in [0.15, 0.2) is 0 Å². The van der Waals surface area contributed by atoms with Gasteiger partial charge in [0, 0.05) is 6.42 Å². The lowest BCUT2D eigenvalue weighted by Crippen LogP contribution is -2.45. The average molecular weight is 644 g/mol. The van der Waals surface area contributed by atoms with Gasteiger partial charge in [-0.25, -0.2) is 0 Å². The minimum atomic E-state index is -0.869. The van der Waals surface area contributed by atoms with Crippen LogP contribution in [0.1, 0.15) is 194 Å². The van der Waals surface area contributed by atoms with Crippen molar-refractivity contribution >= 4 is 5.91 Å². The zero-order chi connectivity index (χ0) is 33.6. The first kappa shape index (κ1) is 44.4. The molecule has 0 heterocycles. The number of unbranched alkanes of at least 4 members (excludes halogenated alkanes) is 22. The van der Waals surface area contributed by atoms with E-state index < -0.39 is 12.1 Å². The predicted octanol–water partition coefficient (Wildman–Crippen LogP) is 12.0. The molecule has 0 fully saturated rings. The topological polar surface area (TPSA) is 69.6 Å². The molecule has 0 saturated heterocycles. The number of hydrogen-bond acceptors (Lipinski definition) is 3. The Labute approximate surface area is 286 Å². The van der Waals surface area contributed by atoms with E-state index in [2.05, 4.69) is 55.6 Å². The van der Waals surface area contributed by atoms with Crippen molar-refractivity contribution in [1.82, 2.24) is 5.32 Å². The third-order valence-electron chi connectivity index (χ3n) is 8.76. The fraction of sp³-hybridized carbons (Fsp3) is 0.786. The Bertz CT molecular complexity index is 741. The molecule has 0 aromatic rings. The van der Waals surface area contributed by atoms with Gasteiger partial charge < -0.3 is 15.5 Å². The van der Waals surface area contributed by atoms with E-state index in [0.717, 1.165) is 38.5 Å². The summed E-state index contributed by atoms with van der Waals surface area (Å²) in [6, 6.07) is -0.645. The van der Waals surface area contributed by atoms with Gasteiger partial charge in [-0.3, -0.25) is 4.79 Å². The van der Waals surface area contributed by atoms with E-state index in [-0.39, 0.29) is 12.5 Å². The molecule has 0 aromatic carbocycles. The van der Waals surface area contributed by atoms with Crippen LogP contribution >= 0.6 is 0 Å². The number of carbonyl (C=O) groups is 1. The van der Waals surface area contributed by atoms with E-state index >= 15 is 0 Å². The molecule has 0 rings (SSSR count). The fourth-order valence-electron chi connectivity index (χ4n) is 5.67. The SMILES string of the molecule is CCCCCCC/C=C/CC/C=C/CC/C=C/C(O)C(CO)NC(=O)CCCCCCCCCCC/C=C\CCCCCCCC. The quantitative estimate of drug-likeness (QED) is 0.0475. The first-order chi connectivity index (χ1) is 22.7. The van der Waals surface area contributed by atoms with Crippen LogP contribution in [0.4, 0.5) is 0 Å². The van der Waals surface area contributed by atoms with Crippen molar-refractivity contribution < 1.29 is 15.0 Å². The van der Waals surface area contributed by atoms with Crippen LogP contribution in [0.15, 0.2) is 48.6 Å². The van der Waals surface area contributed by atoms with Crippen molar-refractivity contribution in [1.29, 1.82) is 0 Å². The number of nitrogens with one attached hydrogen (secondary N) is 1. The minimum absolute atomic E-state index is 0.0824. The second-order valence-corrected chi connectivity index (χ2v) is 13.3. The van der Waals surface area contributed by atoms with Gasteiger partial charge in [-0.15, -0.1) is 0 Å². The van der Waals surface area contributed by atoms with Gasteiger partial charge in [0.2, 0.25) is 5.91 Å². The standard InChI is InChI=1S/C42H77NO3/c1-3-5-7-9-11-13-15-17-19-20-21-22-24-26-28-30-32-34-36-38-42(46)43-40(39-44)41(45)37-35-33-31-29-27-25-23-18-16-14-12-10-8-6-4-2/h16-19,27,29,35,37,40-41,44-45H,3-15,20-26,28,30-34,36,38-39H2,1-2H3,(H,43,46)/b18-16+,19-17-,29-27+,37-35+. The summed E-state index contributed by atoms with van der Waals surface area (Å²) in [6.45, 7) is 4.26. The predicted molar refractivity (Wildman–Crippen MR) is 202 cm³/mol. The minimum Gasteiger partial charge on any atom is -0.394 e. The maximum Gasteiger partial charge on any atom is 0.220 e. The van der Waals surface area contributed by atoms with Crippen LogP contribution in [0.5, 0.6) is 0 Å². The number of rotatable bonds is 35. The summed E-state index contributed by atoms with van der Waals surface area (Å²) in [5.74, 6) is -0.0824. The molecule has 0 saturated carbocycles. The Morgan fingerprint density at radius 3 is 1.26 bits per heavy atom. The zero-order valence-corrected chi connectivity index (χ0v) is 30.6. The summed E-state index contributed by atoms with van der Waals surface area (Å²) in [4.78, 5) is 12.3. The maximum atomic E-state index is 12.3. The van der Waals surface area contributed by atoms with Gasteiger partial charge in [0.1, 0.15) is 0 Å². The molecule has 0 radical (unpaired) electrons. The Balaban J connectivity index is 3.66. The summed E-state index contributed by atoms with van der Waals surface area (Å²) in [5, 5.41) is 22.9. The van der Waals surface area contributed by atoms with Gasteiger partial charge in [-0.1, -0.05) is 165 Å².